The normalized spacial score (nSPS) is 10.8. The zero-order valence-electron chi connectivity index (χ0n) is 17.1. The molecular formula is C27H17F5. The molecule has 0 nitrogen and oxygen atoms in total. The Labute approximate surface area is 182 Å². The minimum atomic E-state index is -1.56. The number of hydrogen-bond acceptors (Lipinski definition) is 0. The molecule has 0 aromatic heterocycles. The highest BCUT2D eigenvalue weighted by Crippen LogP contribution is 2.26. The standard InChI is InChI=1S/C27H17F5/c1-2-3-16-4-8-18(9-5-16)19-13-23(28)22(24(29)14-19)11-7-17-6-10-21-20(12-17)15-25(30)27(32)26(21)31/h4-6,8-10,12-15H,2-3H2,1H3. The second kappa shape index (κ2) is 8.84. The summed E-state index contributed by atoms with van der Waals surface area (Å²) in [7, 11) is 0. The van der Waals surface area contributed by atoms with Crippen LogP contribution in [-0.2, 0) is 6.42 Å². The molecule has 0 radical (unpaired) electrons. The van der Waals surface area contributed by atoms with Gasteiger partial charge in [-0.25, -0.2) is 22.0 Å². The van der Waals surface area contributed by atoms with Crippen molar-refractivity contribution in [1.29, 1.82) is 0 Å². The molecule has 0 aliphatic carbocycles. The molecule has 0 atom stereocenters. The summed E-state index contributed by atoms with van der Waals surface area (Å²) in [4.78, 5) is 0. The molecule has 0 amide bonds. The maximum absolute atomic E-state index is 14.6. The summed E-state index contributed by atoms with van der Waals surface area (Å²) in [6.45, 7) is 2.08. The molecule has 0 fully saturated rings. The van der Waals surface area contributed by atoms with Crippen LogP contribution in [0.25, 0.3) is 21.9 Å². The van der Waals surface area contributed by atoms with Gasteiger partial charge in [0, 0.05) is 10.9 Å². The number of halogens is 5. The molecule has 4 aromatic carbocycles. The lowest BCUT2D eigenvalue weighted by Crippen LogP contribution is -1.94. The predicted octanol–water partition coefficient (Wildman–Crippen LogP) is 7.55. The lowest BCUT2D eigenvalue weighted by molar-refractivity contribution is 0.453. The SMILES string of the molecule is CCCc1ccc(-c2cc(F)c(C#Cc3ccc4c(F)c(F)c(F)cc4c3)c(F)c2)cc1. The first-order valence-electron chi connectivity index (χ1n) is 10.0. The predicted molar refractivity (Wildman–Crippen MR) is 116 cm³/mol. The van der Waals surface area contributed by atoms with Gasteiger partial charge in [0.1, 0.15) is 11.6 Å². The molecule has 0 heterocycles. The largest absolute Gasteiger partial charge is 0.205 e. The molecule has 0 saturated carbocycles. The van der Waals surface area contributed by atoms with Crippen molar-refractivity contribution in [1.82, 2.24) is 0 Å². The van der Waals surface area contributed by atoms with Crippen LogP contribution >= 0.6 is 0 Å². The summed E-state index contributed by atoms with van der Waals surface area (Å²) in [5, 5.41) is -0.0165. The van der Waals surface area contributed by atoms with E-state index in [0.717, 1.165) is 24.5 Å². The molecule has 0 saturated heterocycles. The third kappa shape index (κ3) is 4.22. The van der Waals surface area contributed by atoms with Gasteiger partial charge in [0.05, 0.1) is 5.56 Å². The molecule has 5 heteroatoms. The highest BCUT2D eigenvalue weighted by Gasteiger charge is 2.14. The summed E-state index contributed by atoms with van der Waals surface area (Å²) < 4.78 is 69.9. The molecule has 0 aliphatic heterocycles. The zero-order valence-corrected chi connectivity index (χ0v) is 17.1. The molecule has 0 unspecified atom stereocenters. The molecular weight excluding hydrogens is 419 g/mol. The summed E-state index contributed by atoms with van der Waals surface area (Å²) in [6, 6.07) is 14.7. The fourth-order valence-electron chi connectivity index (χ4n) is 3.53. The smallest absolute Gasteiger partial charge is 0.195 e. The Balaban J connectivity index is 1.67. The number of benzene rings is 4. The quantitative estimate of drug-likeness (QED) is 0.177. The molecule has 0 bridgehead atoms. The van der Waals surface area contributed by atoms with Crippen molar-refractivity contribution in [2.75, 3.05) is 0 Å². The van der Waals surface area contributed by atoms with E-state index in [9.17, 15) is 22.0 Å². The van der Waals surface area contributed by atoms with Gasteiger partial charge < -0.3 is 0 Å². The fraction of sp³-hybridized carbons (Fsp3) is 0.111. The Morgan fingerprint density at radius 3 is 2.00 bits per heavy atom. The number of aryl methyl sites for hydroxylation is 1. The van der Waals surface area contributed by atoms with Gasteiger partial charge in [-0.15, -0.1) is 0 Å². The van der Waals surface area contributed by atoms with Crippen LogP contribution in [0.15, 0.2) is 60.7 Å². The van der Waals surface area contributed by atoms with Crippen molar-refractivity contribution < 1.29 is 22.0 Å². The van der Waals surface area contributed by atoms with Crippen molar-refractivity contribution in [2.45, 2.75) is 19.8 Å². The first-order chi connectivity index (χ1) is 15.4. The molecule has 4 aromatic rings. The van der Waals surface area contributed by atoms with E-state index >= 15 is 0 Å². The van der Waals surface area contributed by atoms with E-state index in [1.54, 1.807) is 0 Å². The number of fused-ring (bicyclic) bond motifs is 1. The molecule has 0 N–H and O–H groups in total. The van der Waals surface area contributed by atoms with E-state index in [1.165, 1.54) is 30.3 Å². The maximum atomic E-state index is 14.6. The topological polar surface area (TPSA) is 0 Å². The lowest BCUT2D eigenvalue weighted by atomic mass is 10.0. The molecule has 0 aliphatic rings. The monoisotopic (exact) mass is 436 g/mol. The second-order valence-electron chi connectivity index (χ2n) is 7.43. The van der Waals surface area contributed by atoms with Crippen molar-refractivity contribution in [3.8, 4) is 23.0 Å². The minimum absolute atomic E-state index is 0.0935. The van der Waals surface area contributed by atoms with Crippen LogP contribution in [-0.4, -0.2) is 0 Å². The third-order valence-electron chi connectivity index (χ3n) is 5.17. The summed E-state index contributed by atoms with van der Waals surface area (Å²) in [5.74, 6) is -0.758. The Bertz CT molecular complexity index is 1350. The van der Waals surface area contributed by atoms with Crippen molar-refractivity contribution in [3.05, 3.63) is 106 Å². The number of hydrogen-bond donors (Lipinski definition) is 0. The fourth-order valence-corrected chi connectivity index (χ4v) is 3.53. The van der Waals surface area contributed by atoms with Gasteiger partial charge in [-0.2, -0.15) is 0 Å². The number of rotatable bonds is 3. The van der Waals surface area contributed by atoms with Crippen molar-refractivity contribution in [2.24, 2.45) is 0 Å². The van der Waals surface area contributed by atoms with Gasteiger partial charge in [-0.1, -0.05) is 55.5 Å². The molecule has 32 heavy (non-hydrogen) atoms. The molecule has 4 rings (SSSR count). The van der Waals surface area contributed by atoms with Crippen LogP contribution in [0.5, 0.6) is 0 Å². The first-order valence-corrected chi connectivity index (χ1v) is 10.0. The van der Waals surface area contributed by atoms with Gasteiger partial charge in [0.25, 0.3) is 0 Å². The minimum Gasteiger partial charge on any atom is -0.205 e. The Morgan fingerprint density at radius 2 is 1.34 bits per heavy atom. The zero-order chi connectivity index (χ0) is 22.8. The van der Waals surface area contributed by atoms with Gasteiger partial charge in [0.15, 0.2) is 17.5 Å². The van der Waals surface area contributed by atoms with Gasteiger partial charge in [0.2, 0.25) is 0 Å². The van der Waals surface area contributed by atoms with E-state index in [4.69, 9.17) is 0 Å². The summed E-state index contributed by atoms with van der Waals surface area (Å²) >= 11 is 0. The van der Waals surface area contributed by atoms with E-state index in [2.05, 4.69) is 18.8 Å². The van der Waals surface area contributed by atoms with Crippen LogP contribution in [0.2, 0.25) is 0 Å². The molecule has 0 spiro atoms. The van der Waals surface area contributed by atoms with Crippen LogP contribution in [0.1, 0.15) is 30.0 Å². The van der Waals surface area contributed by atoms with E-state index < -0.39 is 34.6 Å². The second-order valence-corrected chi connectivity index (χ2v) is 7.43. The van der Waals surface area contributed by atoms with Gasteiger partial charge in [-0.3, -0.25) is 0 Å². The highest BCUT2D eigenvalue weighted by molar-refractivity contribution is 5.84. The summed E-state index contributed by atoms with van der Waals surface area (Å²) in [6.07, 6.45) is 1.94. The van der Waals surface area contributed by atoms with E-state index in [1.807, 2.05) is 24.3 Å². The van der Waals surface area contributed by atoms with Crippen LogP contribution in [0.3, 0.4) is 0 Å². The van der Waals surface area contributed by atoms with Crippen LogP contribution in [0, 0.1) is 40.9 Å². The van der Waals surface area contributed by atoms with E-state index in [-0.39, 0.29) is 16.3 Å². The third-order valence-corrected chi connectivity index (χ3v) is 5.17. The van der Waals surface area contributed by atoms with E-state index in [0.29, 0.717) is 11.1 Å². The molecule has 160 valence electrons. The van der Waals surface area contributed by atoms with Gasteiger partial charge >= 0.3 is 0 Å². The Kier molecular flexibility index (Phi) is 5.96. The maximum Gasteiger partial charge on any atom is 0.195 e. The van der Waals surface area contributed by atoms with Crippen molar-refractivity contribution >= 4 is 10.8 Å². The van der Waals surface area contributed by atoms with Crippen molar-refractivity contribution in [3.63, 3.8) is 0 Å². The Hall–Kier alpha value is -3.65. The average Bonchev–Trinajstić information content (AvgIpc) is 2.77. The summed E-state index contributed by atoms with van der Waals surface area (Å²) in [5.41, 5.74) is 2.10. The highest BCUT2D eigenvalue weighted by atomic mass is 19.2. The van der Waals surface area contributed by atoms with Gasteiger partial charge in [-0.05, 0) is 58.8 Å². The Morgan fingerprint density at radius 1 is 0.656 bits per heavy atom. The first kappa shape index (κ1) is 21.6. The van der Waals surface area contributed by atoms with Crippen LogP contribution in [0.4, 0.5) is 22.0 Å². The van der Waals surface area contributed by atoms with Crippen LogP contribution < -0.4 is 0 Å². The average molecular weight is 436 g/mol. The lowest BCUT2D eigenvalue weighted by Gasteiger charge is -2.06.